The van der Waals surface area contributed by atoms with Gasteiger partial charge < -0.3 is 14.5 Å². The van der Waals surface area contributed by atoms with Crippen LogP contribution in [-0.4, -0.2) is 62.9 Å². The maximum absolute atomic E-state index is 12.8. The maximum Gasteiger partial charge on any atom is 0.228 e. The van der Waals surface area contributed by atoms with Crippen molar-refractivity contribution in [3.8, 4) is 5.75 Å². The standard InChI is InChI=1S/C18H24N2O5S/c1-3-25-16-7-5-4-6-15(16)20-11-13(10-17(20)21)18(22)19(2)14-8-9-26(23,24)12-14/h4-7,13-14H,3,8-12H2,1-2H3. The predicted molar refractivity (Wildman–Crippen MR) is 97.9 cm³/mol. The number of carbonyl (C=O) groups is 2. The van der Waals surface area contributed by atoms with E-state index in [0.717, 1.165) is 0 Å². The Bertz CT molecular complexity index is 808. The van der Waals surface area contributed by atoms with Gasteiger partial charge in [0.1, 0.15) is 5.75 Å². The zero-order valence-corrected chi connectivity index (χ0v) is 15.9. The first-order valence-electron chi connectivity index (χ1n) is 8.81. The summed E-state index contributed by atoms with van der Waals surface area (Å²) >= 11 is 0. The number of hydrogen-bond donors (Lipinski definition) is 0. The van der Waals surface area contributed by atoms with Crippen LogP contribution >= 0.6 is 0 Å². The van der Waals surface area contributed by atoms with Crippen LogP contribution in [-0.2, 0) is 19.4 Å². The van der Waals surface area contributed by atoms with Crippen molar-refractivity contribution in [3.05, 3.63) is 24.3 Å². The van der Waals surface area contributed by atoms with Crippen molar-refractivity contribution in [2.75, 3.05) is 36.6 Å². The third-order valence-electron chi connectivity index (χ3n) is 5.03. The SMILES string of the molecule is CCOc1ccccc1N1CC(C(=O)N(C)C2CCS(=O)(=O)C2)CC1=O. The largest absolute Gasteiger partial charge is 0.492 e. The van der Waals surface area contributed by atoms with Gasteiger partial charge in [-0.3, -0.25) is 9.59 Å². The van der Waals surface area contributed by atoms with Crippen LogP contribution in [0.5, 0.6) is 5.75 Å². The fraction of sp³-hybridized carbons (Fsp3) is 0.556. The van der Waals surface area contributed by atoms with E-state index in [0.29, 0.717) is 24.5 Å². The summed E-state index contributed by atoms with van der Waals surface area (Å²) in [5.41, 5.74) is 0.667. The maximum atomic E-state index is 12.8. The number of benzene rings is 1. The van der Waals surface area contributed by atoms with Gasteiger partial charge in [-0.15, -0.1) is 0 Å². The summed E-state index contributed by atoms with van der Waals surface area (Å²) in [5, 5.41) is 0. The van der Waals surface area contributed by atoms with Gasteiger partial charge >= 0.3 is 0 Å². The van der Waals surface area contributed by atoms with E-state index in [4.69, 9.17) is 4.74 Å². The summed E-state index contributed by atoms with van der Waals surface area (Å²) in [7, 11) is -1.43. The second-order valence-electron chi connectivity index (χ2n) is 6.81. The fourth-order valence-corrected chi connectivity index (χ4v) is 5.39. The summed E-state index contributed by atoms with van der Waals surface area (Å²) in [6.45, 7) is 2.64. The van der Waals surface area contributed by atoms with Gasteiger partial charge in [-0.1, -0.05) is 12.1 Å². The van der Waals surface area contributed by atoms with Crippen molar-refractivity contribution in [1.82, 2.24) is 4.90 Å². The van der Waals surface area contributed by atoms with Crippen LogP contribution in [0.25, 0.3) is 0 Å². The van der Waals surface area contributed by atoms with E-state index in [1.807, 2.05) is 25.1 Å². The molecule has 2 aliphatic heterocycles. The molecular weight excluding hydrogens is 356 g/mol. The van der Waals surface area contributed by atoms with E-state index in [2.05, 4.69) is 0 Å². The van der Waals surface area contributed by atoms with Gasteiger partial charge in [0.15, 0.2) is 9.84 Å². The van der Waals surface area contributed by atoms with E-state index in [1.165, 1.54) is 4.90 Å². The van der Waals surface area contributed by atoms with Crippen LogP contribution in [0.4, 0.5) is 5.69 Å². The van der Waals surface area contributed by atoms with E-state index >= 15 is 0 Å². The first kappa shape index (κ1) is 18.7. The summed E-state index contributed by atoms with van der Waals surface area (Å²) in [6, 6.07) is 6.98. The highest BCUT2D eigenvalue weighted by Gasteiger charge is 2.40. The molecule has 2 atom stereocenters. The Morgan fingerprint density at radius 1 is 1.35 bits per heavy atom. The second kappa shape index (κ2) is 7.26. The molecule has 3 rings (SSSR count). The molecule has 0 spiro atoms. The van der Waals surface area contributed by atoms with Gasteiger partial charge in [-0.25, -0.2) is 8.42 Å². The molecule has 1 aromatic rings. The summed E-state index contributed by atoms with van der Waals surface area (Å²) < 4.78 is 28.9. The Balaban J connectivity index is 1.72. The lowest BCUT2D eigenvalue weighted by molar-refractivity contribution is -0.136. The normalized spacial score (nSPS) is 24.7. The number of rotatable bonds is 5. The Morgan fingerprint density at radius 2 is 2.08 bits per heavy atom. The molecule has 0 aliphatic carbocycles. The lowest BCUT2D eigenvalue weighted by atomic mass is 10.1. The van der Waals surface area contributed by atoms with E-state index in [-0.39, 0.29) is 42.3 Å². The minimum Gasteiger partial charge on any atom is -0.492 e. The van der Waals surface area contributed by atoms with Crippen LogP contribution in [0, 0.1) is 5.92 Å². The molecule has 0 bridgehead atoms. The monoisotopic (exact) mass is 380 g/mol. The zero-order valence-electron chi connectivity index (χ0n) is 15.1. The third kappa shape index (κ3) is 3.70. The Kier molecular flexibility index (Phi) is 5.22. The first-order chi connectivity index (χ1) is 12.3. The summed E-state index contributed by atoms with van der Waals surface area (Å²) in [6.07, 6.45) is 0.589. The smallest absolute Gasteiger partial charge is 0.228 e. The van der Waals surface area contributed by atoms with E-state index in [9.17, 15) is 18.0 Å². The Hall–Kier alpha value is -2.09. The lowest BCUT2D eigenvalue weighted by Crippen LogP contribution is -2.42. The summed E-state index contributed by atoms with van der Waals surface area (Å²) in [4.78, 5) is 28.4. The Labute approximate surface area is 153 Å². The number of amides is 2. The molecular formula is C18H24N2O5S. The second-order valence-corrected chi connectivity index (χ2v) is 9.04. The third-order valence-corrected chi connectivity index (χ3v) is 6.78. The molecule has 0 N–H and O–H groups in total. The van der Waals surface area contributed by atoms with Crippen molar-refractivity contribution < 1.29 is 22.7 Å². The van der Waals surface area contributed by atoms with Crippen molar-refractivity contribution >= 4 is 27.3 Å². The van der Waals surface area contributed by atoms with Crippen LogP contribution in [0.2, 0.25) is 0 Å². The minimum absolute atomic E-state index is 0.00674. The van der Waals surface area contributed by atoms with Crippen LogP contribution < -0.4 is 9.64 Å². The number of carbonyl (C=O) groups excluding carboxylic acids is 2. The molecule has 0 saturated carbocycles. The zero-order chi connectivity index (χ0) is 18.9. The van der Waals surface area contributed by atoms with Gasteiger partial charge in [-0.05, 0) is 25.5 Å². The predicted octanol–water partition coefficient (Wildman–Crippen LogP) is 1.08. The molecule has 142 valence electrons. The average molecular weight is 380 g/mol. The van der Waals surface area contributed by atoms with Crippen LogP contribution in [0.15, 0.2) is 24.3 Å². The van der Waals surface area contributed by atoms with Crippen LogP contribution in [0.3, 0.4) is 0 Å². The highest BCUT2D eigenvalue weighted by molar-refractivity contribution is 7.91. The quantitative estimate of drug-likeness (QED) is 0.763. The number of nitrogens with zero attached hydrogens (tertiary/aromatic N) is 2. The molecule has 1 aromatic carbocycles. The summed E-state index contributed by atoms with van der Waals surface area (Å²) in [5.74, 6) is -0.0172. The van der Waals surface area contributed by atoms with Gasteiger partial charge in [0, 0.05) is 26.1 Å². The van der Waals surface area contributed by atoms with Crippen molar-refractivity contribution in [3.63, 3.8) is 0 Å². The molecule has 0 aromatic heterocycles. The molecule has 2 fully saturated rings. The Morgan fingerprint density at radius 3 is 2.73 bits per heavy atom. The van der Waals surface area contributed by atoms with Crippen molar-refractivity contribution in [2.45, 2.75) is 25.8 Å². The molecule has 8 heteroatoms. The van der Waals surface area contributed by atoms with E-state index < -0.39 is 15.8 Å². The van der Waals surface area contributed by atoms with Crippen molar-refractivity contribution in [1.29, 1.82) is 0 Å². The molecule has 2 amide bonds. The molecule has 0 radical (unpaired) electrons. The van der Waals surface area contributed by atoms with Crippen LogP contribution in [0.1, 0.15) is 19.8 Å². The molecule has 7 nitrogen and oxygen atoms in total. The van der Waals surface area contributed by atoms with Gasteiger partial charge in [0.25, 0.3) is 0 Å². The molecule has 2 aliphatic rings. The average Bonchev–Trinajstić information content (AvgIpc) is 3.17. The number of anilines is 1. The number of para-hydroxylation sites is 2. The highest BCUT2D eigenvalue weighted by Crippen LogP contribution is 2.34. The number of sulfone groups is 1. The van der Waals surface area contributed by atoms with Gasteiger partial charge in [-0.2, -0.15) is 0 Å². The fourth-order valence-electron chi connectivity index (χ4n) is 3.61. The molecule has 2 saturated heterocycles. The van der Waals surface area contributed by atoms with E-state index in [1.54, 1.807) is 18.0 Å². The molecule has 26 heavy (non-hydrogen) atoms. The first-order valence-corrected chi connectivity index (χ1v) is 10.6. The molecule has 2 unspecified atom stereocenters. The minimum atomic E-state index is -3.06. The number of hydrogen-bond acceptors (Lipinski definition) is 5. The topological polar surface area (TPSA) is 84.0 Å². The number of ether oxygens (including phenoxy) is 1. The van der Waals surface area contributed by atoms with Crippen molar-refractivity contribution in [2.24, 2.45) is 5.92 Å². The lowest BCUT2D eigenvalue weighted by Gasteiger charge is -2.26. The molecule has 2 heterocycles. The van der Waals surface area contributed by atoms with Gasteiger partial charge in [0.2, 0.25) is 11.8 Å². The highest BCUT2D eigenvalue weighted by atomic mass is 32.2. The van der Waals surface area contributed by atoms with Gasteiger partial charge in [0.05, 0.1) is 29.7 Å².